The first kappa shape index (κ1) is 10.7. The normalized spacial score (nSPS) is 9.08. The van der Waals surface area contributed by atoms with Crippen molar-refractivity contribution >= 4 is 11.9 Å². The Hall–Kier alpha value is -1.26. The molecule has 0 saturated heterocycles. The highest BCUT2D eigenvalue weighted by Crippen LogP contribution is 1.81. The van der Waals surface area contributed by atoms with Gasteiger partial charge in [0, 0.05) is 13.0 Å². The molecule has 12 heavy (non-hydrogen) atoms. The van der Waals surface area contributed by atoms with Crippen LogP contribution in [-0.4, -0.2) is 25.0 Å². The van der Waals surface area contributed by atoms with Crippen LogP contribution < -0.4 is 16.8 Å². The van der Waals surface area contributed by atoms with Crippen LogP contribution >= 0.6 is 0 Å². The minimum absolute atomic E-state index is 0.0122. The van der Waals surface area contributed by atoms with E-state index in [1.807, 2.05) is 6.92 Å². The molecule has 0 unspecified atom stereocenters. The molecule has 0 rings (SSSR count). The first-order valence-corrected chi connectivity index (χ1v) is 3.99. The van der Waals surface area contributed by atoms with Crippen LogP contribution in [-0.2, 0) is 4.79 Å². The zero-order valence-electron chi connectivity index (χ0n) is 7.34. The summed E-state index contributed by atoms with van der Waals surface area (Å²) in [6.45, 7) is 3.06. The average Bonchev–Trinajstić information content (AvgIpc) is 2.00. The third-order valence-electron chi connectivity index (χ3n) is 1.21. The fourth-order valence-corrected chi connectivity index (χ4v) is 0.639. The number of nitrogens with two attached hydrogens (primary N) is 2. The number of hydrogen-bond donors (Lipinski definition) is 3. The van der Waals surface area contributed by atoms with E-state index in [2.05, 4.69) is 10.3 Å². The summed E-state index contributed by atoms with van der Waals surface area (Å²) in [6, 6.07) is 0. The van der Waals surface area contributed by atoms with Crippen molar-refractivity contribution in [3.8, 4) is 0 Å². The van der Waals surface area contributed by atoms with E-state index in [0.29, 0.717) is 19.5 Å². The predicted molar refractivity (Wildman–Crippen MR) is 48.6 cm³/mol. The van der Waals surface area contributed by atoms with Crippen molar-refractivity contribution in [1.29, 1.82) is 0 Å². The van der Waals surface area contributed by atoms with Crippen LogP contribution in [0.1, 0.15) is 19.8 Å². The quantitative estimate of drug-likeness (QED) is 0.373. The third kappa shape index (κ3) is 6.85. The van der Waals surface area contributed by atoms with Crippen LogP contribution in [0.3, 0.4) is 0 Å². The fraction of sp³-hybridized carbons (Fsp3) is 0.714. The lowest BCUT2D eigenvalue weighted by Crippen LogP contribution is -2.26. The van der Waals surface area contributed by atoms with Crippen LogP contribution in [0.4, 0.5) is 0 Å². The van der Waals surface area contributed by atoms with E-state index in [1.165, 1.54) is 0 Å². The van der Waals surface area contributed by atoms with Crippen molar-refractivity contribution in [3.05, 3.63) is 0 Å². The van der Waals surface area contributed by atoms with Crippen LogP contribution in [0.15, 0.2) is 4.99 Å². The standard InChI is InChI=1S/C7H16N4O/c1-2-4-10-6(12)3-5-11-7(8)9/h2-5H2,1H3,(H,10,12)(H4,8,9,11). The molecule has 0 saturated carbocycles. The van der Waals surface area contributed by atoms with Gasteiger partial charge in [-0.2, -0.15) is 0 Å². The Morgan fingerprint density at radius 2 is 2.17 bits per heavy atom. The molecule has 70 valence electrons. The monoisotopic (exact) mass is 172 g/mol. The molecule has 0 atom stereocenters. The van der Waals surface area contributed by atoms with Crippen molar-refractivity contribution in [2.24, 2.45) is 16.5 Å². The number of nitrogens with one attached hydrogen (secondary N) is 1. The lowest BCUT2D eigenvalue weighted by molar-refractivity contribution is -0.120. The topological polar surface area (TPSA) is 93.5 Å². The Balaban J connectivity index is 3.38. The molecular weight excluding hydrogens is 156 g/mol. The highest BCUT2D eigenvalue weighted by molar-refractivity contribution is 5.78. The zero-order valence-corrected chi connectivity index (χ0v) is 7.34. The molecule has 5 heteroatoms. The molecule has 0 aromatic heterocycles. The van der Waals surface area contributed by atoms with E-state index in [9.17, 15) is 4.79 Å². The zero-order chi connectivity index (χ0) is 9.40. The van der Waals surface area contributed by atoms with E-state index in [0.717, 1.165) is 6.42 Å². The SMILES string of the molecule is CCCNC(=O)CCN=C(N)N. The largest absolute Gasteiger partial charge is 0.370 e. The highest BCUT2D eigenvalue weighted by Gasteiger charge is 1.97. The Morgan fingerprint density at radius 3 is 2.67 bits per heavy atom. The van der Waals surface area contributed by atoms with Crippen LogP contribution in [0.25, 0.3) is 0 Å². The maximum Gasteiger partial charge on any atom is 0.221 e. The van der Waals surface area contributed by atoms with Gasteiger partial charge in [0.15, 0.2) is 5.96 Å². The molecule has 1 amide bonds. The van der Waals surface area contributed by atoms with Gasteiger partial charge in [-0.25, -0.2) is 0 Å². The molecule has 0 aromatic rings. The molecule has 5 nitrogen and oxygen atoms in total. The summed E-state index contributed by atoms with van der Waals surface area (Å²) >= 11 is 0. The van der Waals surface area contributed by atoms with E-state index in [4.69, 9.17) is 11.5 Å². The van der Waals surface area contributed by atoms with Crippen LogP contribution in [0, 0.1) is 0 Å². The van der Waals surface area contributed by atoms with E-state index >= 15 is 0 Å². The average molecular weight is 172 g/mol. The minimum Gasteiger partial charge on any atom is -0.370 e. The first-order valence-electron chi connectivity index (χ1n) is 3.99. The summed E-state index contributed by atoms with van der Waals surface area (Å²) in [5.41, 5.74) is 10.1. The second-order valence-corrected chi connectivity index (χ2v) is 2.41. The van der Waals surface area contributed by atoms with Crippen molar-refractivity contribution in [2.75, 3.05) is 13.1 Å². The molecule has 0 heterocycles. The van der Waals surface area contributed by atoms with Crippen LogP contribution in [0.5, 0.6) is 0 Å². The second kappa shape index (κ2) is 6.45. The van der Waals surface area contributed by atoms with E-state index in [-0.39, 0.29) is 11.9 Å². The predicted octanol–water partition coefficient (Wildman–Crippen LogP) is -0.824. The van der Waals surface area contributed by atoms with E-state index in [1.54, 1.807) is 0 Å². The lowest BCUT2D eigenvalue weighted by Gasteiger charge is -2.00. The molecule has 0 fully saturated rings. The second-order valence-electron chi connectivity index (χ2n) is 2.41. The molecule has 0 bridgehead atoms. The maximum atomic E-state index is 10.9. The molecule has 0 aromatic carbocycles. The van der Waals surface area contributed by atoms with Crippen LogP contribution in [0.2, 0.25) is 0 Å². The molecule has 0 aliphatic carbocycles. The van der Waals surface area contributed by atoms with Gasteiger partial charge in [-0.15, -0.1) is 0 Å². The van der Waals surface area contributed by atoms with Gasteiger partial charge in [-0.1, -0.05) is 6.92 Å². The van der Waals surface area contributed by atoms with Crippen molar-refractivity contribution < 1.29 is 4.79 Å². The van der Waals surface area contributed by atoms with Gasteiger partial charge in [0.2, 0.25) is 5.91 Å². The summed E-state index contributed by atoms with van der Waals surface area (Å²) in [5.74, 6) is 0.0140. The Bertz CT molecular complexity index is 163. The first-order chi connectivity index (χ1) is 5.66. The fourth-order valence-electron chi connectivity index (χ4n) is 0.639. The number of nitrogens with zero attached hydrogens (tertiary/aromatic N) is 1. The van der Waals surface area contributed by atoms with Gasteiger partial charge in [-0.05, 0) is 6.42 Å². The number of carbonyl (C=O) groups is 1. The molecule has 5 N–H and O–H groups in total. The Morgan fingerprint density at radius 1 is 1.50 bits per heavy atom. The van der Waals surface area contributed by atoms with Gasteiger partial charge in [0.25, 0.3) is 0 Å². The highest BCUT2D eigenvalue weighted by atomic mass is 16.1. The third-order valence-corrected chi connectivity index (χ3v) is 1.21. The van der Waals surface area contributed by atoms with Crippen molar-refractivity contribution in [1.82, 2.24) is 5.32 Å². The molecule has 0 aliphatic rings. The summed E-state index contributed by atoms with van der Waals surface area (Å²) in [5, 5.41) is 2.72. The van der Waals surface area contributed by atoms with Gasteiger partial charge in [-0.3, -0.25) is 9.79 Å². The molecular formula is C7H16N4O. The van der Waals surface area contributed by atoms with Gasteiger partial charge in [0.1, 0.15) is 0 Å². The van der Waals surface area contributed by atoms with E-state index < -0.39 is 0 Å². The van der Waals surface area contributed by atoms with Gasteiger partial charge >= 0.3 is 0 Å². The summed E-state index contributed by atoms with van der Waals surface area (Å²) in [4.78, 5) is 14.6. The number of amides is 1. The van der Waals surface area contributed by atoms with Gasteiger partial charge < -0.3 is 16.8 Å². The lowest BCUT2D eigenvalue weighted by atomic mass is 10.4. The molecule has 0 aliphatic heterocycles. The summed E-state index contributed by atoms with van der Waals surface area (Å²) < 4.78 is 0. The number of rotatable bonds is 5. The Kier molecular flexibility index (Phi) is 5.77. The smallest absolute Gasteiger partial charge is 0.221 e. The molecule has 0 spiro atoms. The number of carbonyl (C=O) groups excluding carboxylic acids is 1. The Labute approximate surface area is 72.2 Å². The minimum atomic E-state index is -0.0122. The number of aliphatic imine (C=N–C) groups is 1. The summed E-state index contributed by atoms with van der Waals surface area (Å²) in [6.07, 6.45) is 1.28. The summed E-state index contributed by atoms with van der Waals surface area (Å²) in [7, 11) is 0. The van der Waals surface area contributed by atoms with Crippen molar-refractivity contribution in [3.63, 3.8) is 0 Å². The van der Waals surface area contributed by atoms with Gasteiger partial charge in [0.05, 0.1) is 6.54 Å². The number of guanidine groups is 1. The maximum absolute atomic E-state index is 10.9. The number of hydrogen-bond acceptors (Lipinski definition) is 2. The molecule has 0 radical (unpaired) electrons. The van der Waals surface area contributed by atoms with Crippen molar-refractivity contribution in [2.45, 2.75) is 19.8 Å².